The second kappa shape index (κ2) is 8.65. The van der Waals surface area contributed by atoms with Crippen LogP contribution in [0.1, 0.15) is 43.1 Å². The lowest BCUT2D eigenvalue weighted by Gasteiger charge is -2.21. The van der Waals surface area contributed by atoms with E-state index >= 15 is 0 Å². The highest BCUT2D eigenvalue weighted by Crippen LogP contribution is 2.28. The molecule has 0 aliphatic rings. The molecule has 1 aromatic carbocycles. The number of amides is 1. The summed E-state index contributed by atoms with van der Waals surface area (Å²) < 4.78 is 7.02. The number of anilines is 1. The first-order valence-electron chi connectivity index (χ1n) is 8.86. The zero-order valence-electron chi connectivity index (χ0n) is 16.1. The van der Waals surface area contributed by atoms with E-state index in [0.717, 1.165) is 23.4 Å². The summed E-state index contributed by atoms with van der Waals surface area (Å²) in [4.78, 5) is 24.8. The highest BCUT2D eigenvalue weighted by Gasteiger charge is 2.28. The van der Waals surface area contributed by atoms with Gasteiger partial charge < -0.3 is 10.1 Å². The van der Waals surface area contributed by atoms with Gasteiger partial charge in [0.1, 0.15) is 0 Å². The molecule has 0 fully saturated rings. The van der Waals surface area contributed by atoms with Crippen molar-refractivity contribution in [1.29, 1.82) is 0 Å². The summed E-state index contributed by atoms with van der Waals surface area (Å²) in [5, 5.41) is 7.03. The van der Waals surface area contributed by atoms with Crippen molar-refractivity contribution >= 4 is 17.6 Å². The molecule has 0 saturated carbocycles. The first-order chi connectivity index (χ1) is 12.3. The summed E-state index contributed by atoms with van der Waals surface area (Å²) in [6, 6.07) is 9.55. The molecule has 0 bridgehead atoms. The number of aryl methyl sites for hydroxylation is 2. The van der Waals surface area contributed by atoms with Gasteiger partial charge in [0.2, 0.25) is 0 Å². The smallest absolute Gasteiger partial charge is 0.314 e. The third-order valence-electron chi connectivity index (χ3n) is 4.74. The maximum Gasteiger partial charge on any atom is 0.314 e. The van der Waals surface area contributed by atoms with E-state index in [4.69, 9.17) is 4.74 Å². The van der Waals surface area contributed by atoms with Crippen molar-refractivity contribution in [2.75, 3.05) is 11.9 Å². The molecule has 0 saturated heterocycles. The largest absolute Gasteiger partial charge is 0.455 e. The Morgan fingerprint density at radius 3 is 2.42 bits per heavy atom. The lowest BCUT2D eigenvalue weighted by Crippen LogP contribution is -2.27. The number of esters is 1. The van der Waals surface area contributed by atoms with E-state index in [2.05, 4.69) is 10.4 Å². The number of aromatic nitrogens is 2. The second-order valence-electron chi connectivity index (χ2n) is 6.60. The second-order valence-corrected chi connectivity index (χ2v) is 6.60. The van der Waals surface area contributed by atoms with Crippen molar-refractivity contribution in [2.45, 2.75) is 40.0 Å². The van der Waals surface area contributed by atoms with E-state index in [1.54, 1.807) is 4.68 Å². The molecule has 0 aliphatic carbocycles. The van der Waals surface area contributed by atoms with Gasteiger partial charge in [-0.05, 0) is 25.3 Å². The van der Waals surface area contributed by atoms with Crippen LogP contribution in [0.2, 0.25) is 0 Å². The first kappa shape index (κ1) is 19.7. The molecule has 0 aliphatic heterocycles. The third-order valence-corrected chi connectivity index (χ3v) is 4.74. The van der Waals surface area contributed by atoms with Gasteiger partial charge in [0.25, 0.3) is 5.91 Å². The average molecular weight is 357 g/mol. The Morgan fingerprint density at radius 1 is 1.23 bits per heavy atom. The van der Waals surface area contributed by atoms with Crippen molar-refractivity contribution < 1.29 is 14.3 Å². The quantitative estimate of drug-likeness (QED) is 0.771. The van der Waals surface area contributed by atoms with E-state index in [-0.39, 0.29) is 30.3 Å². The maximum absolute atomic E-state index is 12.6. The number of hydrogen-bond donors (Lipinski definition) is 1. The van der Waals surface area contributed by atoms with Gasteiger partial charge in [-0.15, -0.1) is 0 Å². The molecule has 26 heavy (non-hydrogen) atoms. The standard InChI is InChI=1S/C20H27N3O3/c1-6-13(2)18(16-10-8-7-9-11-16)20(25)26-12-17(24)21-19-14(3)22-23(5)15(19)4/h7-11,13,18H,6,12H2,1-5H3,(H,21,24)/t13-,18-/m0/s1. The molecule has 140 valence electrons. The molecule has 1 amide bonds. The number of hydrogen-bond acceptors (Lipinski definition) is 4. The van der Waals surface area contributed by atoms with Crippen LogP contribution in [0, 0.1) is 19.8 Å². The molecule has 6 nitrogen and oxygen atoms in total. The van der Waals surface area contributed by atoms with Crippen molar-refractivity contribution in [1.82, 2.24) is 9.78 Å². The van der Waals surface area contributed by atoms with Crippen LogP contribution in [0.5, 0.6) is 0 Å². The van der Waals surface area contributed by atoms with Gasteiger partial charge >= 0.3 is 5.97 Å². The summed E-state index contributed by atoms with van der Waals surface area (Å²) in [5.41, 5.74) is 3.15. The van der Waals surface area contributed by atoms with Gasteiger partial charge in [-0.2, -0.15) is 5.10 Å². The number of ether oxygens (including phenoxy) is 1. The molecule has 1 heterocycles. The highest BCUT2D eigenvalue weighted by molar-refractivity contribution is 5.94. The van der Waals surface area contributed by atoms with E-state index in [1.807, 2.05) is 65.1 Å². The molecule has 2 atom stereocenters. The molecule has 2 rings (SSSR count). The number of nitrogens with zero attached hydrogens (tertiary/aromatic N) is 2. The molecule has 1 N–H and O–H groups in total. The van der Waals surface area contributed by atoms with Crippen LogP contribution in [0.4, 0.5) is 5.69 Å². The van der Waals surface area contributed by atoms with Crippen molar-refractivity contribution in [2.24, 2.45) is 13.0 Å². The number of carbonyl (C=O) groups excluding carboxylic acids is 2. The Labute approximate surface area is 154 Å². The van der Waals surface area contributed by atoms with Crippen LogP contribution in [0.25, 0.3) is 0 Å². The van der Waals surface area contributed by atoms with E-state index in [1.165, 1.54) is 0 Å². The molecule has 0 spiro atoms. The number of nitrogens with one attached hydrogen (secondary N) is 1. The van der Waals surface area contributed by atoms with Crippen molar-refractivity contribution in [3.05, 3.63) is 47.3 Å². The predicted molar refractivity (Wildman–Crippen MR) is 101 cm³/mol. The molecule has 6 heteroatoms. The number of benzene rings is 1. The SMILES string of the molecule is CC[C@H](C)[C@H](C(=O)OCC(=O)Nc1c(C)nn(C)c1C)c1ccccc1. The maximum atomic E-state index is 12.6. The van der Waals surface area contributed by atoms with E-state index in [0.29, 0.717) is 5.69 Å². The lowest BCUT2D eigenvalue weighted by atomic mass is 9.86. The normalized spacial score (nSPS) is 13.1. The van der Waals surface area contributed by atoms with Crippen molar-refractivity contribution in [3.8, 4) is 0 Å². The van der Waals surface area contributed by atoms with E-state index in [9.17, 15) is 9.59 Å². The molecule has 2 aromatic rings. The Kier molecular flexibility index (Phi) is 6.55. The number of rotatable bonds is 7. The Morgan fingerprint density at radius 2 is 1.88 bits per heavy atom. The molecule has 1 aromatic heterocycles. The fraction of sp³-hybridized carbons (Fsp3) is 0.450. The van der Waals surface area contributed by atoms with Crippen LogP contribution >= 0.6 is 0 Å². The fourth-order valence-electron chi connectivity index (χ4n) is 2.95. The van der Waals surface area contributed by atoms with Gasteiger partial charge in [0.05, 0.1) is 23.0 Å². The van der Waals surface area contributed by atoms with Gasteiger partial charge in [0, 0.05) is 7.05 Å². The average Bonchev–Trinajstić information content (AvgIpc) is 2.87. The number of carbonyl (C=O) groups is 2. The van der Waals surface area contributed by atoms with Crippen LogP contribution in [0.3, 0.4) is 0 Å². The van der Waals surface area contributed by atoms with Gasteiger partial charge in [-0.1, -0.05) is 50.6 Å². The van der Waals surface area contributed by atoms with Gasteiger partial charge in [-0.3, -0.25) is 14.3 Å². The predicted octanol–water partition coefficient (Wildman–Crippen LogP) is 3.35. The molecule has 0 radical (unpaired) electrons. The summed E-state index contributed by atoms with van der Waals surface area (Å²) in [6.45, 7) is 7.43. The minimum absolute atomic E-state index is 0.121. The monoisotopic (exact) mass is 357 g/mol. The van der Waals surface area contributed by atoms with Crippen LogP contribution in [0.15, 0.2) is 30.3 Å². The Balaban J connectivity index is 2.02. The fourth-order valence-corrected chi connectivity index (χ4v) is 2.95. The van der Waals surface area contributed by atoms with Gasteiger partial charge in [0.15, 0.2) is 6.61 Å². The summed E-state index contributed by atoms with van der Waals surface area (Å²) in [6.07, 6.45) is 0.842. The summed E-state index contributed by atoms with van der Waals surface area (Å²) in [5.74, 6) is -1.000. The van der Waals surface area contributed by atoms with E-state index < -0.39 is 0 Å². The summed E-state index contributed by atoms with van der Waals surface area (Å²) >= 11 is 0. The molecular weight excluding hydrogens is 330 g/mol. The highest BCUT2D eigenvalue weighted by atomic mass is 16.5. The zero-order valence-corrected chi connectivity index (χ0v) is 16.1. The minimum atomic E-state index is -0.379. The minimum Gasteiger partial charge on any atom is -0.455 e. The topological polar surface area (TPSA) is 73.2 Å². The summed E-state index contributed by atoms with van der Waals surface area (Å²) in [7, 11) is 1.81. The molecular formula is C20H27N3O3. The van der Waals surface area contributed by atoms with Gasteiger partial charge in [-0.25, -0.2) is 0 Å². The Hall–Kier alpha value is -2.63. The van der Waals surface area contributed by atoms with Crippen LogP contribution in [-0.2, 0) is 21.4 Å². The van der Waals surface area contributed by atoms with Crippen LogP contribution < -0.4 is 5.32 Å². The van der Waals surface area contributed by atoms with Crippen molar-refractivity contribution in [3.63, 3.8) is 0 Å². The zero-order chi connectivity index (χ0) is 19.3. The lowest BCUT2D eigenvalue weighted by molar-refractivity contribution is -0.150. The first-order valence-corrected chi connectivity index (χ1v) is 8.86. The Bertz CT molecular complexity index is 768. The molecule has 0 unspecified atom stereocenters. The third kappa shape index (κ3) is 4.50. The van der Waals surface area contributed by atoms with Crippen LogP contribution in [-0.4, -0.2) is 28.3 Å².